The molecule has 10 nitrogen and oxygen atoms in total. The van der Waals surface area contributed by atoms with Crippen molar-refractivity contribution in [1.29, 1.82) is 0 Å². The summed E-state index contributed by atoms with van der Waals surface area (Å²) in [4.78, 5) is 36.7. The first-order chi connectivity index (χ1) is 15.5. The fourth-order valence-corrected chi connectivity index (χ4v) is 3.48. The van der Waals surface area contributed by atoms with Gasteiger partial charge >= 0.3 is 12.4 Å². The van der Waals surface area contributed by atoms with Crippen LogP contribution in [0.25, 0.3) is 0 Å². The number of alkyl halides is 3. The highest BCUT2D eigenvalue weighted by atomic mass is 19.4. The van der Waals surface area contributed by atoms with E-state index in [9.17, 15) is 37.8 Å². The van der Waals surface area contributed by atoms with Crippen LogP contribution < -0.4 is 26.0 Å². The Morgan fingerprint density at radius 1 is 1.12 bits per heavy atom. The Labute approximate surface area is 186 Å². The van der Waals surface area contributed by atoms with Gasteiger partial charge in [0.2, 0.25) is 11.8 Å². The Bertz CT molecular complexity index is 921. The maximum Gasteiger partial charge on any atom is 0.573 e. The maximum absolute atomic E-state index is 12.5. The van der Waals surface area contributed by atoms with Crippen LogP contribution in [0.3, 0.4) is 0 Å². The average Bonchev–Trinajstić information content (AvgIpc) is 2.73. The second-order valence-electron chi connectivity index (χ2n) is 7.61. The largest absolute Gasteiger partial charge is 0.573 e. The molecule has 0 spiro atoms. The van der Waals surface area contributed by atoms with E-state index in [2.05, 4.69) is 26.0 Å². The molecule has 3 rings (SSSR count). The molecule has 13 heteroatoms. The third-order valence-corrected chi connectivity index (χ3v) is 5.10. The molecule has 1 aromatic rings. The van der Waals surface area contributed by atoms with E-state index in [1.165, 1.54) is 18.2 Å². The molecule has 2 aliphatic rings. The van der Waals surface area contributed by atoms with Crippen molar-refractivity contribution in [1.82, 2.24) is 16.0 Å². The van der Waals surface area contributed by atoms with Crippen LogP contribution in [0, 0.1) is 0 Å². The van der Waals surface area contributed by atoms with Gasteiger partial charge < -0.3 is 36.2 Å². The highest BCUT2D eigenvalue weighted by Gasteiger charge is 2.35. The van der Waals surface area contributed by atoms with Gasteiger partial charge in [0, 0.05) is 24.2 Å². The number of nitrogens with one attached hydrogen (secondary N) is 4. The van der Waals surface area contributed by atoms with Crippen molar-refractivity contribution >= 4 is 23.5 Å². The number of aliphatic hydroxyl groups excluding tert-OH is 2. The zero-order valence-electron chi connectivity index (χ0n) is 17.2. The number of amides is 4. The summed E-state index contributed by atoms with van der Waals surface area (Å²) in [5.74, 6) is -1.38. The van der Waals surface area contributed by atoms with Gasteiger partial charge in [-0.05, 0) is 37.1 Å². The van der Waals surface area contributed by atoms with Gasteiger partial charge in [-0.3, -0.25) is 9.59 Å². The normalized spacial score (nSPS) is 25.4. The molecule has 180 valence electrons. The molecular formula is C20H23F3N4O6. The monoisotopic (exact) mass is 472 g/mol. The van der Waals surface area contributed by atoms with Gasteiger partial charge in [-0.15, -0.1) is 13.2 Å². The van der Waals surface area contributed by atoms with Crippen molar-refractivity contribution in [3.8, 4) is 5.75 Å². The number of aliphatic hydroxyl groups is 2. The first-order valence-electron chi connectivity index (χ1n) is 10.1. The van der Waals surface area contributed by atoms with Gasteiger partial charge in [0.15, 0.2) is 0 Å². The fourth-order valence-electron chi connectivity index (χ4n) is 3.48. The second kappa shape index (κ2) is 10.1. The molecule has 1 aliphatic heterocycles. The zero-order chi connectivity index (χ0) is 24.2. The molecule has 1 aromatic carbocycles. The number of carbonyl (C=O) groups is 3. The van der Waals surface area contributed by atoms with Gasteiger partial charge in [0.05, 0.1) is 12.1 Å². The summed E-state index contributed by atoms with van der Waals surface area (Å²) in [6, 6.07) is 1.68. The minimum Gasteiger partial charge on any atom is -0.406 e. The summed E-state index contributed by atoms with van der Waals surface area (Å²) in [5, 5.41) is 30.3. The first-order valence-corrected chi connectivity index (χ1v) is 10.1. The van der Waals surface area contributed by atoms with Crippen LogP contribution in [0.1, 0.15) is 19.3 Å². The van der Waals surface area contributed by atoms with E-state index in [1.54, 1.807) is 0 Å². The number of hydrogen-bond acceptors (Lipinski definition) is 6. The third-order valence-electron chi connectivity index (χ3n) is 5.10. The summed E-state index contributed by atoms with van der Waals surface area (Å²) in [7, 11) is 0. The number of piperidine rings is 1. The fraction of sp³-hybridized carbons (Fsp3) is 0.450. The van der Waals surface area contributed by atoms with Crippen molar-refractivity contribution < 1.29 is 42.5 Å². The first kappa shape index (κ1) is 24.3. The number of halogens is 3. The lowest BCUT2D eigenvalue weighted by molar-refractivity contribution is -0.274. The number of hydrogen-bond donors (Lipinski definition) is 6. The molecule has 1 fully saturated rings. The molecule has 0 bridgehead atoms. The standard InChI is InChI=1S/C20H23F3N4O6/c21-20(22,23)33-12-5-3-11(4-6-12)25-19(32)27-14-8-10(9-15(28)16(14)29)17(30)26-13-2-1-7-24-18(13)31/h3-6,8,13-16,28-29H,1-2,7,9H2,(H,24,31)(H,26,30)(H2,25,27,32). The highest BCUT2D eigenvalue weighted by Crippen LogP contribution is 2.24. The molecule has 1 heterocycles. The van der Waals surface area contributed by atoms with Gasteiger partial charge in [0.1, 0.15) is 17.9 Å². The summed E-state index contributed by atoms with van der Waals surface area (Å²) < 4.78 is 40.4. The topological polar surface area (TPSA) is 149 Å². The zero-order valence-corrected chi connectivity index (χ0v) is 17.2. The SMILES string of the molecule is O=C(Nc1ccc(OC(F)(F)F)cc1)NC1C=C(C(=O)NC2CCCNC2=O)CC(O)C1O. The van der Waals surface area contributed by atoms with E-state index >= 15 is 0 Å². The van der Waals surface area contributed by atoms with Gasteiger partial charge in [-0.1, -0.05) is 6.08 Å². The Balaban J connectivity index is 1.61. The van der Waals surface area contributed by atoms with E-state index in [0.29, 0.717) is 19.4 Å². The van der Waals surface area contributed by atoms with E-state index in [1.807, 2.05) is 0 Å². The van der Waals surface area contributed by atoms with E-state index in [-0.39, 0.29) is 23.6 Å². The lowest BCUT2D eigenvalue weighted by Crippen LogP contribution is -2.54. The molecule has 4 atom stereocenters. The summed E-state index contributed by atoms with van der Waals surface area (Å²) in [5.41, 5.74) is 0.225. The van der Waals surface area contributed by atoms with Gasteiger partial charge in [-0.25, -0.2) is 4.79 Å². The predicted octanol–water partition coefficient (Wildman–Crippen LogP) is 0.522. The molecule has 1 aliphatic carbocycles. The average molecular weight is 472 g/mol. The molecule has 4 unspecified atom stereocenters. The number of anilines is 1. The Morgan fingerprint density at radius 3 is 2.45 bits per heavy atom. The number of urea groups is 1. The van der Waals surface area contributed by atoms with Crippen LogP contribution in [0.15, 0.2) is 35.9 Å². The van der Waals surface area contributed by atoms with Crippen molar-refractivity contribution in [2.75, 3.05) is 11.9 Å². The van der Waals surface area contributed by atoms with E-state index in [4.69, 9.17) is 0 Å². The van der Waals surface area contributed by atoms with Gasteiger partial charge in [-0.2, -0.15) is 0 Å². The molecule has 4 amide bonds. The molecule has 1 saturated heterocycles. The van der Waals surface area contributed by atoms with Crippen molar-refractivity contribution in [2.24, 2.45) is 0 Å². The quantitative estimate of drug-likeness (QED) is 0.368. The summed E-state index contributed by atoms with van der Waals surface area (Å²) in [6.45, 7) is 0.526. The number of rotatable bonds is 5. The Hall–Kier alpha value is -3.32. The van der Waals surface area contributed by atoms with Crippen LogP contribution in [-0.4, -0.2) is 65.3 Å². The predicted molar refractivity (Wildman–Crippen MR) is 108 cm³/mol. The molecule has 33 heavy (non-hydrogen) atoms. The molecule has 0 radical (unpaired) electrons. The lowest BCUT2D eigenvalue weighted by Gasteiger charge is -2.31. The molecule has 6 N–H and O–H groups in total. The maximum atomic E-state index is 12.5. The van der Waals surface area contributed by atoms with Crippen molar-refractivity contribution in [2.45, 2.75) is 49.9 Å². The number of ether oxygens (including phenoxy) is 1. The molecule has 0 aromatic heterocycles. The highest BCUT2D eigenvalue weighted by molar-refractivity contribution is 5.97. The smallest absolute Gasteiger partial charge is 0.406 e. The van der Waals surface area contributed by atoms with Crippen LogP contribution >= 0.6 is 0 Å². The van der Waals surface area contributed by atoms with Crippen LogP contribution in [0.2, 0.25) is 0 Å². The Morgan fingerprint density at radius 2 is 1.82 bits per heavy atom. The van der Waals surface area contributed by atoms with Crippen LogP contribution in [-0.2, 0) is 9.59 Å². The second-order valence-corrected chi connectivity index (χ2v) is 7.61. The van der Waals surface area contributed by atoms with E-state index in [0.717, 1.165) is 12.1 Å². The van der Waals surface area contributed by atoms with Crippen LogP contribution in [0.5, 0.6) is 5.75 Å². The molecular weight excluding hydrogens is 449 g/mol. The third kappa shape index (κ3) is 6.83. The number of carbonyl (C=O) groups excluding carboxylic acids is 3. The summed E-state index contributed by atoms with van der Waals surface area (Å²) in [6.07, 6.45) is -5.33. The van der Waals surface area contributed by atoms with Crippen molar-refractivity contribution in [3.63, 3.8) is 0 Å². The number of benzene rings is 1. The van der Waals surface area contributed by atoms with Crippen LogP contribution in [0.4, 0.5) is 23.7 Å². The Kier molecular flexibility index (Phi) is 7.43. The van der Waals surface area contributed by atoms with E-state index < -0.39 is 48.3 Å². The minimum absolute atomic E-state index is 0.0881. The summed E-state index contributed by atoms with van der Waals surface area (Å²) >= 11 is 0. The van der Waals surface area contributed by atoms with Crippen molar-refractivity contribution in [3.05, 3.63) is 35.9 Å². The molecule has 0 saturated carbocycles. The van der Waals surface area contributed by atoms with Gasteiger partial charge in [0.25, 0.3) is 0 Å². The lowest BCUT2D eigenvalue weighted by atomic mass is 9.89. The minimum atomic E-state index is -4.85.